The summed E-state index contributed by atoms with van der Waals surface area (Å²) in [6.07, 6.45) is 1.81. The molecule has 0 spiro atoms. The number of hydrogen-bond acceptors (Lipinski definition) is 6. The minimum absolute atomic E-state index is 0.189. The Morgan fingerprint density at radius 1 is 1.29 bits per heavy atom. The van der Waals surface area contributed by atoms with E-state index in [0.29, 0.717) is 25.6 Å². The Labute approximate surface area is 173 Å². The van der Waals surface area contributed by atoms with Gasteiger partial charge in [-0.05, 0) is 42.1 Å². The summed E-state index contributed by atoms with van der Waals surface area (Å²) in [6, 6.07) is 10.5. The van der Waals surface area contributed by atoms with E-state index < -0.39 is 12.0 Å². The van der Waals surface area contributed by atoms with Gasteiger partial charge in [0.15, 0.2) is 4.80 Å². The monoisotopic (exact) mass is 430 g/mol. The van der Waals surface area contributed by atoms with Gasteiger partial charge in [0.25, 0.3) is 5.56 Å². The average molecular weight is 431 g/mol. The van der Waals surface area contributed by atoms with Crippen LogP contribution in [0.4, 0.5) is 0 Å². The molecule has 2 aromatic heterocycles. The first kappa shape index (κ1) is 18.9. The van der Waals surface area contributed by atoms with Crippen LogP contribution in [0.1, 0.15) is 23.4 Å². The minimum Gasteiger partial charge on any atom is -0.466 e. The van der Waals surface area contributed by atoms with E-state index in [1.54, 1.807) is 23.6 Å². The molecule has 0 radical (unpaired) electrons. The maximum absolute atomic E-state index is 13.2. The second kappa shape index (κ2) is 7.50. The summed E-state index contributed by atoms with van der Waals surface area (Å²) in [4.78, 5) is 31.7. The topological polar surface area (TPSA) is 60.7 Å². The molecule has 142 valence electrons. The van der Waals surface area contributed by atoms with Crippen LogP contribution in [-0.2, 0) is 9.53 Å². The number of fused-ring (bicyclic) bond motifs is 1. The number of carbonyl (C=O) groups is 1. The van der Waals surface area contributed by atoms with Crippen LogP contribution in [0.5, 0.6) is 0 Å². The predicted octanol–water partition coefficient (Wildman–Crippen LogP) is 3.12. The third-order valence-corrected chi connectivity index (χ3v) is 6.57. The second-order valence-corrected chi connectivity index (χ2v) is 8.57. The van der Waals surface area contributed by atoms with E-state index in [1.165, 1.54) is 29.8 Å². The third kappa shape index (κ3) is 3.26. The zero-order chi connectivity index (χ0) is 19.8. The van der Waals surface area contributed by atoms with Crippen molar-refractivity contribution in [1.82, 2.24) is 4.57 Å². The lowest BCUT2D eigenvalue weighted by Crippen LogP contribution is -2.39. The van der Waals surface area contributed by atoms with Gasteiger partial charge >= 0.3 is 5.97 Å². The number of halogens is 1. The Morgan fingerprint density at radius 2 is 2.04 bits per heavy atom. The number of nitrogens with zero attached hydrogens (tertiary/aromatic N) is 2. The summed E-state index contributed by atoms with van der Waals surface area (Å²) in [6.45, 7) is 1.77. The molecule has 0 N–H and O–H groups in total. The van der Waals surface area contributed by atoms with Crippen LogP contribution < -0.4 is 14.9 Å². The molecule has 0 bridgehead atoms. The summed E-state index contributed by atoms with van der Waals surface area (Å²) in [5.41, 5.74) is 1.62. The summed E-state index contributed by atoms with van der Waals surface area (Å²) in [5, 5.41) is 2.55. The smallest absolute Gasteiger partial charge is 0.338 e. The Balaban J connectivity index is 1.96. The SMILES string of the molecule is COC(=O)C1=C(C)N=c2sc(=Cc3ccc(Cl)cc3)c(=O)n2[C@H]1c1cccs1. The summed E-state index contributed by atoms with van der Waals surface area (Å²) >= 11 is 8.73. The lowest BCUT2D eigenvalue weighted by atomic mass is 10.0. The minimum atomic E-state index is -0.545. The number of methoxy groups -OCH3 is 1. The Kier molecular flexibility index (Phi) is 5.05. The van der Waals surface area contributed by atoms with Crippen molar-refractivity contribution >= 4 is 46.3 Å². The number of thiophene rings is 1. The molecule has 0 unspecified atom stereocenters. The number of thiazole rings is 1. The fraction of sp³-hybridized carbons (Fsp3) is 0.150. The number of carbonyl (C=O) groups excluding carboxylic acids is 1. The molecule has 1 aliphatic heterocycles. The van der Waals surface area contributed by atoms with Gasteiger partial charge in [0, 0.05) is 9.90 Å². The van der Waals surface area contributed by atoms with Crippen molar-refractivity contribution in [1.29, 1.82) is 0 Å². The van der Waals surface area contributed by atoms with Crippen molar-refractivity contribution in [2.24, 2.45) is 4.99 Å². The van der Waals surface area contributed by atoms with Crippen LogP contribution in [0.25, 0.3) is 6.08 Å². The molecule has 0 aliphatic carbocycles. The van der Waals surface area contributed by atoms with Gasteiger partial charge in [-0.3, -0.25) is 9.36 Å². The molecule has 5 nitrogen and oxygen atoms in total. The zero-order valence-electron chi connectivity index (χ0n) is 15.0. The Hall–Kier alpha value is -2.48. The summed E-state index contributed by atoms with van der Waals surface area (Å²) < 4.78 is 7.10. The largest absolute Gasteiger partial charge is 0.466 e. The van der Waals surface area contributed by atoms with Crippen LogP contribution >= 0.6 is 34.3 Å². The van der Waals surface area contributed by atoms with Crippen molar-refractivity contribution in [3.05, 3.63) is 88.2 Å². The number of hydrogen-bond donors (Lipinski definition) is 0. The van der Waals surface area contributed by atoms with E-state index in [0.717, 1.165) is 10.4 Å². The van der Waals surface area contributed by atoms with E-state index in [4.69, 9.17) is 16.3 Å². The standard InChI is InChI=1S/C20H15ClN2O3S2/c1-11-16(19(25)26-2)17(14-4-3-9-27-14)23-18(24)15(28-20(23)22-11)10-12-5-7-13(21)8-6-12/h3-10,17H,1-2H3/t17-/m0/s1. The quantitative estimate of drug-likeness (QED) is 0.600. The van der Waals surface area contributed by atoms with Crippen LogP contribution in [0.3, 0.4) is 0 Å². The van der Waals surface area contributed by atoms with E-state index in [9.17, 15) is 9.59 Å². The number of esters is 1. The molecular formula is C20H15ClN2O3S2. The first-order valence-electron chi connectivity index (χ1n) is 8.39. The molecule has 1 aromatic carbocycles. The Bertz CT molecular complexity index is 1250. The van der Waals surface area contributed by atoms with Gasteiger partial charge in [0.2, 0.25) is 0 Å². The van der Waals surface area contributed by atoms with E-state index >= 15 is 0 Å². The molecule has 1 atom stereocenters. The number of benzene rings is 1. The van der Waals surface area contributed by atoms with Gasteiger partial charge < -0.3 is 4.74 Å². The predicted molar refractivity (Wildman–Crippen MR) is 112 cm³/mol. The van der Waals surface area contributed by atoms with Crippen LogP contribution in [0.2, 0.25) is 5.02 Å². The van der Waals surface area contributed by atoms with Crippen LogP contribution in [0, 0.1) is 0 Å². The highest BCUT2D eigenvalue weighted by molar-refractivity contribution is 7.10. The molecule has 0 saturated carbocycles. The van der Waals surface area contributed by atoms with Gasteiger partial charge in [-0.25, -0.2) is 9.79 Å². The normalized spacial score (nSPS) is 16.7. The van der Waals surface area contributed by atoms with Crippen molar-refractivity contribution in [2.75, 3.05) is 7.11 Å². The van der Waals surface area contributed by atoms with Gasteiger partial charge in [0.1, 0.15) is 6.04 Å². The highest BCUT2D eigenvalue weighted by atomic mass is 35.5. The molecular weight excluding hydrogens is 416 g/mol. The van der Waals surface area contributed by atoms with Gasteiger partial charge in [0.05, 0.1) is 22.9 Å². The Morgan fingerprint density at radius 3 is 2.68 bits per heavy atom. The van der Waals surface area contributed by atoms with E-state index in [2.05, 4.69) is 4.99 Å². The maximum atomic E-state index is 13.2. The van der Waals surface area contributed by atoms with Crippen molar-refractivity contribution in [2.45, 2.75) is 13.0 Å². The first-order valence-corrected chi connectivity index (χ1v) is 10.5. The molecule has 4 rings (SSSR count). The third-order valence-electron chi connectivity index (χ3n) is 4.41. The number of ether oxygens (including phenoxy) is 1. The van der Waals surface area contributed by atoms with Crippen LogP contribution in [0.15, 0.2) is 62.8 Å². The molecule has 8 heteroatoms. The number of rotatable bonds is 3. The first-order chi connectivity index (χ1) is 13.5. The molecule has 1 aliphatic rings. The lowest BCUT2D eigenvalue weighted by molar-refractivity contribution is -0.136. The van der Waals surface area contributed by atoms with Gasteiger partial charge in [-0.2, -0.15) is 0 Å². The maximum Gasteiger partial charge on any atom is 0.338 e. The lowest BCUT2D eigenvalue weighted by Gasteiger charge is -2.22. The fourth-order valence-electron chi connectivity index (χ4n) is 3.12. The number of allylic oxidation sites excluding steroid dienone is 1. The fourth-order valence-corrected chi connectivity index (χ4v) is 5.12. The molecule has 3 aromatic rings. The summed E-state index contributed by atoms with van der Waals surface area (Å²) in [5.74, 6) is -0.480. The zero-order valence-corrected chi connectivity index (χ0v) is 17.4. The summed E-state index contributed by atoms with van der Waals surface area (Å²) in [7, 11) is 1.33. The van der Waals surface area contributed by atoms with E-state index in [-0.39, 0.29) is 5.56 Å². The van der Waals surface area contributed by atoms with E-state index in [1.807, 2.05) is 35.7 Å². The molecule has 28 heavy (non-hydrogen) atoms. The van der Waals surface area contributed by atoms with Gasteiger partial charge in [-0.15, -0.1) is 11.3 Å². The van der Waals surface area contributed by atoms with Crippen molar-refractivity contribution in [3.63, 3.8) is 0 Å². The van der Waals surface area contributed by atoms with Crippen molar-refractivity contribution in [3.8, 4) is 0 Å². The highest BCUT2D eigenvalue weighted by Crippen LogP contribution is 2.32. The highest BCUT2D eigenvalue weighted by Gasteiger charge is 2.33. The van der Waals surface area contributed by atoms with Crippen molar-refractivity contribution < 1.29 is 9.53 Å². The average Bonchev–Trinajstić information content (AvgIpc) is 3.31. The second-order valence-electron chi connectivity index (χ2n) is 6.14. The van der Waals surface area contributed by atoms with Gasteiger partial charge in [-0.1, -0.05) is 41.1 Å². The molecule has 0 saturated heterocycles. The molecule has 0 fully saturated rings. The molecule has 0 amide bonds. The number of aromatic nitrogens is 1. The van der Waals surface area contributed by atoms with Crippen LogP contribution in [-0.4, -0.2) is 17.6 Å². The molecule has 3 heterocycles.